The summed E-state index contributed by atoms with van der Waals surface area (Å²) in [5, 5.41) is 50.1. The number of carboxylic acid groups (broad SMARTS) is 1. The van der Waals surface area contributed by atoms with Gasteiger partial charge in [-0.15, -0.1) is 0 Å². The average molecular weight is 460 g/mol. The van der Waals surface area contributed by atoms with Crippen LogP contribution < -0.4 is 14.9 Å². The van der Waals surface area contributed by atoms with Crippen molar-refractivity contribution in [2.45, 2.75) is 30.7 Å². The predicted molar refractivity (Wildman–Crippen MR) is 111 cm³/mol. The molecule has 0 amide bonds. The Hall–Kier alpha value is -3.64. The first-order valence-corrected chi connectivity index (χ1v) is 9.75. The third kappa shape index (κ3) is 3.98. The van der Waals surface area contributed by atoms with Crippen LogP contribution in [0.5, 0.6) is 17.2 Å². The summed E-state index contributed by atoms with van der Waals surface area (Å²) in [6, 6.07) is 11.1. The summed E-state index contributed by atoms with van der Waals surface area (Å²) >= 11 is 0. The van der Waals surface area contributed by atoms with E-state index in [-0.39, 0.29) is 22.5 Å². The number of aliphatic hydroxyl groups excluding tert-OH is 3. The number of aliphatic carboxylic acids is 1. The number of hydrogen-bond donors (Lipinski definition) is 5. The molecule has 1 saturated heterocycles. The van der Waals surface area contributed by atoms with Crippen molar-refractivity contribution in [2.24, 2.45) is 0 Å². The van der Waals surface area contributed by atoms with E-state index in [9.17, 15) is 35.1 Å². The highest BCUT2D eigenvalue weighted by molar-refractivity contribution is 5.89. The molecule has 0 radical (unpaired) electrons. The number of phenols is 1. The summed E-state index contributed by atoms with van der Waals surface area (Å²) in [5.74, 6) is -2.70. The van der Waals surface area contributed by atoms with Gasteiger partial charge in [-0.2, -0.15) is 0 Å². The fourth-order valence-electron chi connectivity index (χ4n) is 3.51. The second kappa shape index (κ2) is 8.71. The number of methoxy groups -OCH3 is 1. The molecule has 5 atom stereocenters. The zero-order chi connectivity index (χ0) is 23.9. The minimum atomic E-state index is -1.92. The van der Waals surface area contributed by atoms with Gasteiger partial charge in [0.05, 0.1) is 12.5 Å². The highest BCUT2D eigenvalue weighted by Gasteiger charge is 2.48. The molecule has 5 N–H and O–H groups in total. The summed E-state index contributed by atoms with van der Waals surface area (Å²) in [6.45, 7) is 0. The second-order valence-electron chi connectivity index (χ2n) is 7.33. The van der Waals surface area contributed by atoms with Gasteiger partial charge < -0.3 is 44.2 Å². The predicted octanol–water partition coefficient (Wildman–Crippen LogP) is 0.445. The Kier molecular flexibility index (Phi) is 5.95. The van der Waals surface area contributed by atoms with E-state index in [4.69, 9.17) is 18.6 Å². The van der Waals surface area contributed by atoms with E-state index in [1.54, 1.807) is 30.3 Å². The Morgan fingerprint density at radius 3 is 2.36 bits per heavy atom. The smallest absolute Gasteiger partial charge is 0.335 e. The van der Waals surface area contributed by atoms with E-state index in [1.807, 2.05) is 0 Å². The van der Waals surface area contributed by atoms with Gasteiger partial charge in [-0.1, -0.05) is 30.3 Å². The van der Waals surface area contributed by atoms with Crippen LogP contribution in [0.2, 0.25) is 0 Å². The molecule has 11 nitrogen and oxygen atoms in total. The van der Waals surface area contributed by atoms with Gasteiger partial charge in [-0.3, -0.25) is 4.79 Å². The fourth-order valence-corrected chi connectivity index (χ4v) is 3.51. The molecule has 2 heterocycles. The zero-order valence-electron chi connectivity index (χ0n) is 17.1. The first kappa shape index (κ1) is 22.6. The number of aliphatic hydroxyl groups is 3. The van der Waals surface area contributed by atoms with E-state index < -0.39 is 53.6 Å². The Labute approximate surface area is 185 Å². The SMILES string of the molecule is COc1cc2c(=O)cc(-c3ccccc3)oc2c(O)c1O[C@@H]1O[C@H](C(=O)O)[C@@H](O)[C@H](O)[C@H]1O. The molecule has 2 aromatic carbocycles. The Balaban J connectivity index is 1.81. The minimum Gasteiger partial charge on any atom is -0.502 e. The first-order valence-electron chi connectivity index (χ1n) is 9.75. The van der Waals surface area contributed by atoms with E-state index in [1.165, 1.54) is 19.2 Å². The number of fused-ring (bicyclic) bond motifs is 1. The molecule has 0 spiro atoms. The van der Waals surface area contributed by atoms with Crippen LogP contribution in [0, 0.1) is 0 Å². The summed E-state index contributed by atoms with van der Waals surface area (Å²) in [5.41, 5.74) is -0.159. The monoisotopic (exact) mass is 460 g/mol. The maximum Gasteiger partial charge on any atom is 0.335 e. The van der Waals surface area contributed by atoms with Crippen LogP contribution in [-0.2, 0) is 9.53 Å². The molecule has 4 rings (SSSR count). The van der Waals surface area contributed by atoms with Crippen LogP contribution >= 0.6 is 0 Å². The molecule has 0 bridgehead atoms. The molecule has 0 aliphatic carbocycles. The fraction of sp³-hybridized carbons (Fsp3) is 0.273. The van der Waals surface area contributed by atoms with E-state index in [2.05, 4.69) is 0 Å². The van der Waals surface area contributed by atoms with Crippen molar-refractivity contribution in [1.29, 1.82) is 0 Å². The number of aromatic hydroxyl groups is 1. The Bertz CT molecular complexity index is 1240. The second-order valence-corrected chi connectivity index (χ2v) is 7.33. The van der Waals surface area contributed by atoms with E-state index in [0.717, 1.165) is 0 Å². The minimum absolute atomic E-state index is 0.0274. The third-order valence-electron chi connectivity index (χ3n) is 5.24. The molecule has 0 unspecified atom stereocenters. The molecule has 0 saturated carbocycles. The molecule has 1 aromatic heterocycles. The van der Waals surface area contributed by atoms with Gasteiger partial charge in [0.1, 0.15) is 24.1 Å². The van der Waals surface area contributed by atoms with Crippen molar-refractivity contribution in [3.05, 3.63) is 52.7 Å². The van der Waals surface area contributed by atoms with Gasteiger partial charge in [0.15, 0.2) is 22.9 Å². The standard InChI is InChI=1S/C22H20O11/c1-30-13-7-10-11(23)8-12(9-5-3-2-4-6-9)31-18(10)17(27)19(13)32-22-16(26)14(24)15(25)20(33-22)21(28)29/h2-8,14-16,20,22,24-27H,1H3,(H,28,29)/t14-,15-,16+,20-,22+/m0/s1. The molecular weight excluding hydrogens is 440 g/mol. The Morgan fingerprint density at radius 2 is 1.73 bits per heavy atom. The van der Waals surface area contributed by atoms with Crippen molar-refractivity contribution in [3.8, 4) is 28.6 Å². The van der Waals surface area contributed by atoms with Crippen molar-refractivity contribution in [2.75, 3.05) is 7.11 Å². The van der Waals surface area contributed by atoms with E-state index in [0.29, 0.717) is 5.56 Å². The van der Waals surface area contributed by atoms with Gasteiger partial charge in [-0.05, 0) is 6.07 Å². The maximum atomic E-state index is 12.7. The van der Waals surface area contributed by atoms with Crippen molar-refractivity contribution in [1.82, 2.24) is 0 Å². The van der Waals surface area contributed by atoms with Crippen LogP contribution in [-0.4, -0.2) is 69.3 Å². The van der Waals surface area contributed by atoms with E-state index >= 15 is 0 Å². The van der Waals surface area contributed by atoms with Crippen LogP contribution in [0.4, 0.5) is 0 Å². The molecule has 3 aromatic rings. The van der Waals surface area contributed by atoms with Crippen LogP contribution in [0.25, 0.3) is 22.3 Å². The number of rotatable bonds is 5. The zero-order valence-corrected chi connectivity index (χ0v) is 17.1. The number of carbonyl (C=O) groups is 1. The number of benzene rings is 2. The van der Waals surface area contributed by atoms with Gasteiger partial charge in [0.2, 0.25) is 17.8 Å². The molecule has 1 aliphatic rings. The molecule has 1 fully saturated rings. The normalized spacial score (nSPS) is 25.0. The largest absolute Gasteiger partial charge is 0.502 e. The molecule has 1 aliphatic heterocycles. The molecule has 11 heteroatoms. The lowest BCUT2D eigenvalue weighted by atomic mass is 9.99. The quantitative estimate of drug-likeness (QED) is 0.357. The van der Waals surface area contributed by atoms with Crippen LogP contribution in [0.1, 0.15) is 0 Å². The summed E-state index contributed by atoms with van der Waals surface area (Å²) in [6.07, 6.45) is -9.44. The number of carboxylic acids is 1. The highest BCUT2D eigenvalue weighted by atomic mass is 16.7. The summed E-state index contributed by atoms with van der Waals surface area (Å²) < 4.78 is 21.5. The Morgan fingerprint density at radius 1 is 1.03 bits per heavy atom. The highest BCUT2D eigenvalue weighted by Crippen LogP contribution is 2.44. The van der Waals surface area contributed by atoms with Gasteiger partial charge >= 0.3 is 5.97 Å². The van der Waals surface area contributed by atoms with Gasteiger partial charge in [0.25, 0.3) is 0 Å². The van der Waals surface area contributed by atoms with Gasteiger partial charge in [0, 0.05) is 11.6 Å². The maximum absolute atomic E-state index is 12.7. The summed E-state index contributed by atoms with van der Waals surface area (Å²) in [4.78, 5) is 24.0. The van der Waals surface area contributed by atoms with Crippen molar-refractivity contribution in [3.63, 3.8) is 0 Å². The van der Waals surface area contributed by atoms with Crippen LogP contribution in [0.3, 0.4) is 0 Å². The number of ether oxygens (including phenoxy) is 3. The lowest BCUT2D eigenvalue weighted by Gasteiger charge is -2.38. The topological polar surface area (TPSA) is 176 Å². The molecular formula is C22H20O11. The average Bonchev–Trinajstić information content (AvgIpc) is 2.81. The third-order valence-corrected chi connectivity index (χ3v) is 5.24. The van der Waals surface area contributed by atoms with Gasteiger partial charge in [-0.25, -0.2) is 4.79 Å². The lowest BCUT2D eigenvalue weighted by molar-refractivity contribution is -0.271. The summed E-state index contributed by atoms with van der Waals surface area (Å²) in [7, 11) is 1.23. The lowest BCUT2D eigenvalue weighted by Crippen LogP contribution is -2.61. The molecule has 33 heavy (non-hydrogen) atoms. The first-order chi connectivity index (χ1) is 15.7. The molecule has 174 valence electrons. The number of hydrogen-bond acceptors (Lipinski definition) is 10. The van der Waals surface area contributed by atoms with Crippen molar-refractivity contribution >= 4 is 16.9 Å². The van der Waals surface area contributed by atoms with Crippen LogP contribution in [0.15, 0.2) is 51.7 Å². The number of phenolic OH excluding ortho intramolecular Hbond substituents is 1. The van der Waals surface area contributed by atoms with Crippen molar-refractivity contribution < 1.29 is 49.0 Å².